The molecule has 2 aromatic rings. The summed E-state index contributed by atoms with van der Waals surface area (Å²) in [6.07, 6.45) is 0. The SMILES string of the molecule is Cc1cc(C)nc(NS(=O)(=O)c2c(F)cc(N)cc2F)c1. The number of aromatic nitrogens is 1. The third kappa shape index (κ3) is 3.27. The third-order valence-electron chi connectivity index (χ3n) is 2.63. The molecule has 112 valence electrons. The summed E-state index contributed by atoms with van der Waals surface area (Å²) in [4.78, 5) is 2.88. The Morgan fingerprint density at radius 3 is 2.19 bits per heavy atom. The van der Waals surface area contributed by atoms with E-state index in [9.17, 15) is 17.2 Å². The minimum Gasteiger partial charge on any atom is -0.399 e. The first-order valence-electron chi connectivity index (χ1n) is 5.91. The highest BCUT2D eigenvalue weighted by atomic mass is 32.2. The molecule has 0 aliphatic heterocycles. The van der Waals surface area contributed by atoms with E-state index in [0.29, 0.717) is 5.69 Å². The lowest BCUT2D eigenvalue weighted by molar-refractivity contribution is 0.522. The van der Waals surface area contributed by atoms with E-state index in [1.807, 2.05) is 0 Å². The smallest absolute Gasteiger partial charge is 0.268 e. The molecule has 0 spiro atoms. The zero-order valence-corrected chi connectivity index (χ0v) is 12.1. The van der Waals surface area contributed by atoms with Crippen LogP contribution in [0.25, 0.3) is 0 Å². The van der Waals surface area contributed by atoms with Crippen LogP contribution in [0, 0.1) is 25.5 Å². The number of halogens is 2. The normalized spacial score (nSPS) is 11.4. The van der Waals surface area contributed by atoms with Gasteiger partial charge in [0.25, 0.3) is 10.0 Å². The Kier molecular flexibility index (Phi) is 3.82. The van der Waals surface area contributed by atoms with Crippen molar-refractivity contribution in [1.29, 1.82) is 0 Å². The monoisotopic (exact) mass is 313 g/mol. The lowest BCUT2D eigenvalue weighted by Crippen LogP contribution is -2.17. The maximum atomic E-state index is 13.7. The Balaban J connectivity index is 2.48. The van der Waals surface area contributed by atoms with Gasteiger partial charge in [-0.2, -0.15) is 0 Å². The largest absolute Gasteiger partial charge is 0.399 e. The molecule has 0 saturated carbocycles. The summed E-state index contributed by atoms with van der Waals surface area (Å²) in [5, 5.41) is 0. The molecule has 0 unspecified atom stereocenters. The minimum atomic E-state index is -4.44. The molecule has 0 bridgehead atoms. The number of nitrogens with zero attached hydrogens (tertiary/aromatic N) is 1. The highest BCUT2D eigenvalue weighted by Crippen LogP contribution is 2.24. The van der Waals surface area contributed by atoms with Gasteiger partial charge in [-0.1, -0.05) is 0 Å². The van der Waals surface area contributed by atoms with Gasteiger partial charge in [0.1, 0.15) is 17.5 Å². The van der Waals surface area contributed by atoms with Crippen molar-refractivity contribution in [2.24, 2.45) is 0 Å². The molecule has 0 amide bonds. The molecule has 1 aromatic heterocycles. The third-order valence-corrected chi connectivity index (χ3v) is 4.03. The second kappa shape index (κ2) is 5.28. The quantitative estimate of drug-likeness (QED) is 0.852. The molecule has 2 rings (SSSR count). The Hall–Kier alpha value is -2.22. The van der Waals surface area contributed by atoms with Crippen LogP contribution in [-0.4, -0.2) is 13.4 Å². The number of pyridine rings is 1. The molecule has 1 aromatic carbocycles. The zero-order chi connectivity index (χ0) is 15.8. The van der Waals surface area contributed by atoms with Crippen molar-refractivity contribution < 1.29 is 17.2 Å². The Bertz CT molecular complexity index is 764. The number of aryl methyl sites for hydroxylation is 2. The number of nitrogens with two attached hydrogens (primary N) is 1. The molecule has 0 fully saturated rings. The highest BCUT2D eigenvalue weighted by molar-refractivity contribution is 7.92. The van der Waals surface area contributed by atoms with Crippen molar-refractivity contribution in [2.45, 2.75) is 18.7 Å². The first kappa shape index (κ1) is 15.2. The van der Waals surface area contributed by atoms with Gasteiger partial charge in [0, 0.05) is 11.4 Å². The van der Waals surface area contributed by atoms with Crippen molar-refractivity contribution in [1.82, 2.24) is 4.98 Å². The standard InChI is InChI=1S/C13H13F2N3O2S/c1-7-3-8(2)17-12(4-7)18-21(19,20)13-10(14)5-9(16)6-11(13)15/h3-6H,16H2,1-2H3,(H,17,18). The topological polar surface area (TPSA) is 85.1 Å². The molecule has 0 aliphatic rings. The van der Waals surface area contributed by atoms with Crippen LogP contribution in [0.4, 0.5) is 20.3 Å². The van der Waals surface area contributed by atoms with E-state index in [2.05, 4.69) is 9.71 Å². The number of hydrogen-bond donors (Lipinski definition) is 2. The van der Waals surface area contributed by atoms with Crippen LogP contribution < -0.4 is 10.5 Å². The van der Waals surface area contributed by atoms with Crippen molar-refractivity contribution in [3.63, 3.8) is 0 Å². The number of rotatable bonds is 3. The van der Waals surface area contributed by atoms with E-state index in [-0.39, 0.29) is 11.5 Å². The molecule has 0 aliphatic carbocycles. The maximum Gasteiger partial charge on any atom is 0.268 e. The van der Waals surface area contributed by atoms with Crippen LogP contribution in [0.1, 0.15) is 11.3 Å². The lowest BCUT2D eigenvalue weighted by Gasteiger charge is -2.10. The molecular formula is C13H13F2N3O2S. The second-order valence-corrected chi connectivity index (χ2v) is 6.21. The summed E-state index contributed by atoms with van der Waals surface area (Å²) in [5.74, 6) is -2.53. The van der Waals surface area contributed by atoms with Crippen LogP contribution in [0.2, 0.25) is 0 Å². The fraction of sp³-hybridized carbons (Fsp3) is 0.154. The fourth-order valence-corrected chi connectivity index (χ4v) is 3.03. The van der Waals surface area contributed by atoms with Crippen LogP contribution in [0.15, 0.2) is 29.2 Å². The summed E-state index contributed by atoms with van der Waals surface area (Å²) < 4.78 is 53.7. The van der Waals surface area contributed by atoms with Crippen molar-refractivity contribution >= 4 is 21.5 Å². The van der Waals surface area contributed by atoms with Gasteiger partial charge in [0.15, 0.2) is 4.90 Å². The molecule has 0 saturated heterocycles. The lowest BCUT2D eigenvalue weighted by atomic mass is 10.2. The number of nitrogens with one attached hydrogen (secondary N) is 1. The van der Waals surface area contributed by atoms with Gasteiger partial charge in [-0.25, -0.2) is 22.2 Å². The second-order valence-electron chi connectivity index (χ2n) is 4.59. The van der Waals surface area contributed by atoms with Crippen molar-refractivity contribution in [2.75, 3.05) is 10.5 Å². The van der Waals surface area contributed by atoms with Gasteiger partial charge in [-0.05, 0) is 43.7 Å². The predicted octanol–water partition coefficient (Wildman–Crippen LogP) is 2.36. The molecular weight excluding hydrogens is 300 g/mol. The van der Waals surface area contributed by atoms with E-state index in [1.54, 1.807) is 19.9 Å². The highest BCUT2D eigenvalue weighted by Gasteiger charge is 2.25. The van der Waals surface area contributed by atoms with Crippen LogP contribution >= 0.6 is 0 Å². The first-order valence-corrected chi connectivity index (χ1v) is 7.40. The fourth-order valence-electron chi connectivity index (χ4n) is 1.92. The Morgan fingerprint density at radius 2 is 1.67 bits per heavy atom. The molecule has 8 heteroatoms. The van der Waals surface area contributed by atoms with Gasteiger partial charge >= 0.3 is 0 Å². The summed E-state index contributed by atoms with van der Waals surface area (Å²) in [6, 6.07) is 4.68. The molecule has 3 N–H and O–H groups in total. The van der Waals surface area contributed by atoms with Gasteiger partial charge in [-0.15, -0.1) is 0 Å². The van der Waals surface area contributed by atoms with E-state index in [4.69, 9.17) is 5.73 Å². The predicted molar refractivity (Wildman–Crippen MR) is 75.3 cm³/mol. The molecule has 0 radical (unpaired) electrons. The van der Waals surface area contributed by atoms with Gasteiger partial charge in [0.05, 0.1) is 0 Å². The van der Waals surface area contributed by atoms with Gasteiger partial charge < -0.3 is 5.73 Å². The number of benzene rings is 1. The average Bonchev–Trinajstić information content (AvgIpc) is 2.23. The molecule has 0 atom stereocenters. The van der Waals surface area contributed by atoms with E-state index >= 15 is 0 Å². The molecule has 1 heterocycles. The summed E-state index contributed by atoms with van der Waals surface area (Å²) in [5.41, 5.74) is 6.39. The van der Waals surface area contributed by atoms with Crippen molar-refractivity contribution in [3.05, 3.63) is 47.2 Å². The van der Waals surface area contributed by atoms with Gasteiger partial charge in [-0.3, -0.25) is 4.72 Å². The first-order chi connectivity index (χ1) is 9.69. The summed E-state index contributed by atoms with van der Waals surface area (Å²) >= 11 is 0. The number of anilines is 2. The Labute approximate surface area is 120 Å². The summed E-state index contributed by atoms with van der Waals surface area (Å²) in [6.45, 7) is 3.42. The summed E-state index contributed by atoms with van der Waals surface area (Å²) in [7, 11) is -4.44. The maximum absolute atomic E-state index is 13.7. The number of sulfonamides is 1. The van der Waals surface area contributed by atoms with Crippen LogP contribution in [0.3, 0.4) is 0 Å². The number of hydrogen-bond acceptors (Lipinski definition) is 4. The van der Waals surface area contributed by atoms with E-state index in [0.717, 1.165) is 17.7 Å². The average molecular weight is 313 g/mol. The van der Waals surface area contributed by atoms with Crippen LogP contribution in [0.5, 0.6) is 0 Å². The van der Waals surface area contributed by atoms with Gasteiger partial charge in [0.2, 0.25) is 0 Å². The van der Waals surface area contributed by atoms with Crippen molar-refractivity contribution in [3.8, 4) is 0 Å². The molecule has 5 nitrogen and oxygen atoms in total. The zero-order valence-electron chi connectivity index (χ0n) is 11.3. The minimum absolute atomic E-state index is 0.0110. The Morgan fingerprint density at radius 1 is 1.10 bits per heavy atom. The molecule has 21 heavy (non-hydrogen) atoms. The van der Waals surface area contributed by atoms with E-state index in [1.165, 1.54) is 6.07 Å². The number of nitrogen functional groups attached to an aromatic ring is 1. The van der Waals surface area contributed by atoms with Crippen LogP contribution in [-0.2, 0) is 10.0 Å². The van der Waals surface area contributed by atoms with E-state index < -0.39 is 26.6 Å².